The summed E-state index contributed by atoms with van der Waals surface area (Å²) in [6.07, 6.45) is 0.432. The van der Waals surface area contributed by atoms with Crippen molar-refractivity contribution in [3.63, 3.8) is 0 Å². The first-order chi connectivity index (χ1) is 13.0. The molecule has 0 aliphatic heterocycles. The van der Waals surface area contributed by atoms with Crippen molar-refractivity contribution < 1.29 is 19.4 Å². The van der Waals surface area contributed by atoms with E-state index in [0.717, 1.165) is 0 Å². The predicted molar refractivity (Wildman–Crippen MR) is 102 cm³/mol. The highest BCUT2D eigenvalue weighted by Gasteiger charge is 2.19. The molecule has 0 spiro atoms. The van der Waals surface area contributed by atoms with E-state index in [2.05, 4.69) is 4.98 Å². The molecule has 0 atom stereocenters. The summed E-state index contributed by atoms with van der Waals surface area (Å²) in [7, 11) is 0. The second-order valence-electron chi connectivity index (χ2n) is 5.79. The van der Waals surface area contributed by atoms with Gasteiger partial charge in [0.15, 0.2) is 0 Å². The summed E-state index contributed by atoms with van der Waals surface area (Å²) in [4.78, 5) is 16.1. The minimum Gasteiger partial charge on any atom is -0.478 e. The van der Waals surface area contributed by atoms with Crippen LogP contribution in [-0.4, -0.2) is 16.1 Å². The Morgan fingerprint density at radius 1 is 0.963 bits per heavy atom. The van der Waals surface area contributed by atoms with Gasteiger partial charge in [-0.1, -0.05) is 6.92 Å². The van der Waals surface area contributed by atoms with Gasteiger partial charge in [0.25, 0.3) is 0 Å². The minimum absolute atomic E-state index is 0.0726. The summed E-state index contributed by atoms with van der Waals surface area (Å²) in [5.41, 5.74) is 13.1. The molecule has 27 heavy (non-hydrogen) atoms. The molecule has 7 nitrogen and oxygen atoms in total. The topological polar surface area (TPSA) is 121 Å². The Morgan fingerprint density at radius 2 is 1.48 bits per heavy atom. The van der Waals surface area contributed by atoms with Gasteiger partial charge in [-0.2, -0.15) is 4.98 Å². The average molecular weight is 365 g/mol. The lowest BCUT2D eigenvalue weighted by Crippen LogP contribution is -2.07. The third-order valence-electron chi connectivity index (χ3n) is 3.84. The molecule has 0 radical (unpaired) electrons. The van der Waals surface area contributed by atoms with Crippen LogP contribution in [0.15, 0.2) is 54.6 Å². The maximum Gasteiger partial charge on any atom is 0.336 e. The van der Waals surface area contributed by atoms with E-state index in [9.17, 15) is 9.90 Å². The Hall–Kier alpha value is -3.74. The molecule has 0 unspecified atom stereocenters. The number of nitrogens with two attached hydrogens (primary N) is 2. The molecule has 0 saturated carbocycles. The Labute approximate surface area is 156 Å². The highest BCUT2D eigenvalue weighted by molar-refractivity contribution is 5.90. The molecule has 3 rings (SSSR count). The van der Waals surface area contributed by atoms with Crippen molar-refractivity contribution in [1.29, 1.82) is 0 Å². The Balaban J connectivity index is 2.01. The van der Waals surface area contributed by atoms with Crippen LogP contribution in [-0.2, 0) is 6.42 Å². The van der Waals surface area contributed by atoms with Gasteiger partial charge in [0, 0.05) is 23.0 Å². The lowest BCUT2D eigenvalue weighted by Gasteiger charge is -2.14. The second kappa shape index (κ2) is 7.65. The zero-order chi connectivity index (χ0) is 19.4. The van der Waals surface area contributed by atoms with Gasteiger partial charge in [0.05, 0.1) is 5.56 Å². The summed E-state index contributed by atoms with van der Waals surface area (Å²) in [5, 5.41) is 9.58. The molecular formula is C20H19N3O4. The molecule has 2 aromatic carbocycles. The van der Waals surface area contributed by atoms with Gasteiger partial charge < -0.3 is 26.0 Å². The lowest BCUT2D eigenvalue weighted by atomic mass is 10.1. The zero-order valence-electron chi connectivity index (χ0n) is 14.7. The van der Waals surface area contributed by atoms with Crippen molar-refractivity contribution in [2.45, 2.75) is 13.3 Å². The first-order valence-electron chi connectivity index (χ1n) is 8.30. The monoisotopic (exact) mass is 365 g/mol. The number of pyridine rings is 1. The van der Waals surface area contributed by atoms with Gasteiger partial charge >= 0.3 is 5.97 Å². The van der Waals surface area contributed by atoms with Crippen LogP contribution < -0.4 is 20.9 Å². The van der Waals surface area contributed by atoms with Gasteiger partial charge in [-0.25, -0.2) is 4.79 Å². The smallest absolute Gasteiger partial charge is 0.336 e. The van der Waals surface area contributed by atoms with E-state index in [1.54, 1.807) is 48.5 Å². The van der Waals surface area contributed by atoms with Crippen LogP contribution in [0.1, 0.15) is 22.8 Å². The molecule has 7 heteroatoms. The van der Waals surface area contributed by atoms with Crippen molar-refractivity contribution in [2.24, 2.45) is 0 Å². The SMILES string of the molecule is CCc1c(C(=O)O)cc(Oc2ccc(N)cc2)nc1Oc1ccc(N)cc1. The van der Waals surface area contributed by atoms with Gasteiger partial charge in [-0.3, -0.25) is 0 Å². The number of rotatable bonds is 6. The molecule has 0 amide bonds. The van der Waals surface area contributed by atoms with E-state index >= 15 is 0 Å². The molecular weight excluding hydrogens is 346 g/mol. The molecule has 5 N–H and O–H groups in total. The van der Waals surface area contributed by atoms with E-state index in [4.69, 9.17) is 20.9 Å². The highest BCUT2D eigenvalue weighted by Crippen LogP contribution is 2.32. The number of carboxylic acids is 1. The van der Waals surface area contributed by atoms with Gasteiger partial charge in [-0.15, -0.1) is 0 Å². The number of nitrogen functional groups attached to an aromatic ring is 2. The number of ether oxygens (including phenoxy) is 2. The van der Waals surface area contributed by atoms with Crippen molar-refractivity contribution in [3.05, 3.63) is 65.7 Å². The van der Waals surface area contributed by atoms with Crippen LogP contribution >= 0.6 is 0 Å². The lowest BCUT2D eigenvalue weighted by molar-refractivity contribution is 0.0694. The van der Waals surface area contributed by atoms with Crippen molar-refractivity contribution in [1.82, 2.24) is 4.98 Å². The summed E-state index contributed by atoms with van der Waals surface area (Å²) >= 11 is 0. The molecule has 1 aromatic heterocycles. The summed E-state index contributed by atoms with van der Waals surface area (Å²) in [6, 6.07) is 14.8. The van der Waals surface area contributed by atoms with Crippen LogP contribution in [0.25, 0.3) is 0 Å². The number of aromatic nitrogens is 1. The molecule has 0 aliphatic carbocycles. The van der Waals surface area contributed by atoms with Crippen LogP contribution in [0.2, 0.25) is 0 Å². The van der Waals surface area contributed by atoms with Crippen LogP contribution in [0.3, 0.4) is 0 Å². The van der Waals surface area contributed by atoms with Gasteiger partial charge in [-0.05, 0) is 55.0 Å². The third kappa shape index (κ3) is 4.27. The largest absolute Gasteiger partial charge is 0.478 e. The van der Waals surface area contributed by atoms with Crippen LogP contribution in [0.4, 0.5) is 11.4 Å². The van der Waals surface area contributed by atoms with Crippen molar-refractivity contribution in [3.8, 4) is 23.3 Å². The minimum atomic E-state index is -1.08. The molecule has 0 bridgehead atoms. The first kappa shape index (κ1) is 18.1. The first-order valence-corrected chi connectivity index (χ1v) is 8.30. The predicted octanol–water partition coefficient (Wildman–Crippen LogP) is 4.09. The van der Waals surface area contributed by atoms with E-state index in [-0.39, 0.29) is 17.3 Å². The number of hydrogen-bond acceptors (Lipinski definition) is 6. The Kier molecular flexibility index (Phi) is 5.12. The van der Waals surface area contributed by atoms with Crippen molar-refractivity contribution in [2.75, 3.05) is 11.5 Å². The quantitative estimate of drug-likeness (QED) is 0.562. The van der Waals surface area contributed by atoms with E-state index < -0.39 is 5.97 Å². The summed E-state index contributed by atoms with van der Waals surface area (Å²) in [5.74, 6) is 0.175. The van der Waals surface area contributed by atoms with Crippen molar-refractivity contribution >= 4 is 17.3 Å². The van der Waals surface area contributed by atoms with E-state index in [1.807, 2.05) is 6.92 Å². The molecule has 0 saturated heterocycles. The number of aromatic carboxylic acids is 1. The fraction of sp³-hybridized carbons (Fsp3) is 0.100. The standard InChI is InChI=1S/C20H19N3O4/c1-2-16-17(20(24)25)11-18(26-14-7-3-12(21)4-8-14)23-19(16)27-15-9-5-13(22)6-10-15/h3-11H,2,21-22H2,1H3,(H,24,25). The molecule has 3 aromatic rings. The number of hydrogen-bond donors (Lipinski definition) is 3. The fourth-order valence-electron chi connectivity index (χ4n) is 2.50. The van der Waals surface area contributed by atoms with E-state index in [0.29, 0.717) is 34.9 Å². The maximum absolute atomic E-state index is 11.7. The molecule has 1 heterocycles. The third-order valence-corrected chi connectivity index (χ3v) is 3.84. The highest BCUT2D eigenvalue weighted by atomic mass is 16.5. The zero-order valence-corrected chi connectivity index (χ0v) is 14.7. The van der Waals surface area contributed by atoms with Gasteiger partial charge in [0.1, 0.15) is 11.5 Å². The molecule has 0 aliphatic rings. The van der Waals surface area contributed by atoms with E-state index in [1.165, 1.54) is 6.07 Å². The number of nitrogens with zero attached hydrogens (tertiary/aromatic N) is 1. The molecule has 138 valence electrons. The second-order valence-corrected chi connectivity index (χ2v) is 5.79. The maximum atomic E-state index is 11.7. The molecule has 0 fully saturated rings. The normalized spacial score (nSPS) is 10.4. The van der Waals surface area contributed by atoms with Crippen LogP contribution in [0.5, 0.6) is 23.3 Å². The Bertz CT molecular complexity index is 954. The fourth-order valence-corrected chi connectivity index (χ4v) is 2.50. The summed E-state index contributed by atoms with van der Waals surface area (Å²) < 4.78 is 11.5. The summed E-state index contributed by atoms with van der Waals surface area (Å²) in [6.45, 7) is 1.83. The van der Waals surface area contributed by atoms with Crippen LogP contribution in [0, 0.1) is 0 Å². The number of carbonyl (C=O) groups is 1. The number of carboxylic acid groups (broad SMARTS) is 1. The number of benzene rings is 2. The average Bonchev–Trinajstić information content (AvgIpc) is 2.65. The number of anilines is 2. The van der Waals surface area contributed by atoms with Gasteiger partial charge in [0.2, 0.25) is 11.8 Å². The Morgan fingerprint density at radius 3 is 1.96 bits per heavy atom.